The van der Waals surface area contributed by atoms with Crippen molar-refractivity contribution in [1.29, 1.82) is 0 Å². The lowest BCUT2D eigenvalue weighted by molar-refractivity contribution is -0.136. The Balaban J connectivity index is 1.35. The van der Waals surface area contributed by atoms with Crippen molar-refractivity contribution in [3.63, 3.8) is 0 Å². The average molecular weight is 517 g/mol. The zero-order valence-corrected chi connectivity index (χ0v) is 20.1. The Bertz CT molecular complexity index is 1340. The minimum Gasteiger partial charge on any atom is -0.491 e. The summed E-state index contributed by atoms with van der Waals surface area (Å²) in [6, 6.07) is 9.97. The third-order valence-corrected chi connectivity index (χ3v) is 7.08. The number of imide groups is 2. The highest BCUT2D eigenvalue weighted by Gasteiger charge is 2.44. The number of hydrogen-bond acceptors (Lipinski definition) is 8. The number of hydrogen-bond donors (Lipinski definition) is 2. The Kier molecular flexibility index (Phi) is 7.20. The summed E-state index contributed by atoms with van der Waals surface area (Å²) in [5.74, 6) is -2.14. The second-order valence-corrected chi connectivity index (χ2v) is 10.1. The first kappa shape index (κ1) is 25.5. The monoisotopic (exact) mass is 516 g/mol. The van der Waals surface area contributed by atoms with Crippen LogP contribution in [0.5, 0.6) is 5.75 Å². The topological polar surface area (TPSA) is 156 Å². The fourth-order valence-electron chi connectivity index (χ4n) is 4.17. The standard InChI is InChI=1S/C24H24N2O9S/c1-14-3-2-4-15(11-14)20(36(31,32)33)13-34-9-10-35-16-5-6-17-18(12-16)24(30)26(23(17)29)19-7-8-21(27)25-22(19)28/h2-6,11-12,19-20H,7-10,13H2,1H3,(H,25,27,28)(H,31,32,33). The molecule has 4 amide bonds. The number of rotatable bonds is 9. The van der Waals surface area contributed by atoms with Crippen molar-refractivity contribution in [1.82, 2.24) is 10.2 Å². The van der Waals surface area contributed by atoms with Gasteiger partial charge < -0.3 is 9.47 Å². The smallest absolute Gasteiger partial charge is 0.274 e. The van der Waals surface area contributed by atoms with Gasteiger partial charge in [-0.15, -0.1) is 0 Å². The zero-order chi connectivity index (χ0) is 26.0. The molecule has 4 rings (SSSR count). The third-order valence-electron chi connectivity index (χ3n) is 5.95. The van der Waals surface area contributed by atoms with E-state index in [0.717, 1.165) is 10.5 Å². The molecule has 2 aromatic rings. The van der Waals surface area contributed by atoms with E-state index in [1.165, 1.54) is 18.2 Å². The molecular formula is C24H24N2O9S. The number of carbonyl (C=O) groups is 4. The molecule has 11 nitrogen and oxygen atoms in total. The van der Waals surface area contributed by atoms with Gasteiger partial charge in [-0.2, -0.15) is 8.42 Å². The first-order chi connectivity index (χ1) is 17.1. The Labute approximate surface area is 207 Å². The van der Waals surface area contributed by atoms with Gasteiger partial charge in [0.1, 0.15) is 23.6 Å². The number of benzene rings is 2. The van der Waals surface area contributed by atoms with E-state index in [4.69, 9.17) is 9.47 Å². The highest BCUT2D eigenvalue weighted by molar-refractivity contribution is 7.86. The maximum Gasteiger partial charge on any atom is 0.274 e. The van der Waals surface area contributed by atoms with Gasteiger partial charge in [0.15, 0.2) is 0 Å². The fourth-order valence-corrected chi connectivity index (χ4v) is 4.93. The van der Waals surface area contributed by atoms with E-state index < -0.39 is 45.0 Å². The van der Waals surface area contributed by atoms with Crippen molar-refractivity contribution >= 4 is 33.7 Å². The van der Waals surface area contributed by atoms with Gasteiger partial charge in [-0.1, -0.05) is 29.8 Å². The van der Waals surface area contributed by atoms with Crippen LogP contribution < -0.4 is 10.1 Å². The Morgan fingerprint density at radius 3 is 2.50 bits per heavy atom. The number of ether oxygens (including phenoxy) is 2. The number of nitrogens with one attached hydrogen (secondary N) is 1. The van der Waals surface area contributed by atoms with Gasteiger partial charge in [0.2, 0.25) is 11.8 Å². The first-order valence-corrected chi connectivity index (χ1v) is 12.7. The summed E-state index contributed by atoms with van der Waals surface area (Å²) >= 11 is 0. The summed E-state index contributed by atoms with van der Waals surface area (Å²) in [7, 11) is -4.40. The summed E-state index contributed by atoms with van der Waals surface area (Å²) in [6.45, 7) is 1.51. The van der Waals surface area contributed by atoms with Crippen LogP contribution in [0, 0.1) is 6.92 Å². The third kappa shape index (κ3) is 5.30. The van der Waals surface area contributed by atoms with E-state index >= 15 is 0 Å². The number of aryl methyl sites for hydroxylation is 1. The SMILES string of the molecule is Cc1cccc(C(COCCOc2ccc3c(c2)C(=O)N(C2CCC(=O)NC2=O)C3=O)S(=O)(=O)O)c1. The van der Waals surface area contributed by atoms with E-state index in [2.05, 4.69) is 5.32 Å². The molecule has 0 aliphatic carbocycles. The van der Waals surface area contributed by atoms with Gasteiger partial charge in [-0.3, -0.25) is 33.9 Å². The molecule has 0 radical (unpaired) electrons. The van der Waals surface area contributed by atoms with Crippen LogP contribution in [0.4, 0.5) is 0 Å². The molecule has 0 aromatic heterocycles. The predicted molar refractivity (Wildman–Crippen MR) is 125 cm³/mol. The minimum atomic E-state index is -4.40. The molecule has 1 saturated heterocycles. The van der Waals surface area contributed by atoms with Gasteiger partial charge in [0, 0.05) is 6.42 Å². The van der Waals surface area contributed by atoms with Crippen LogP contribution in [0.3, 0.4) is 0 Å². The molecule has 36 heavy (non-hydrogen) atoms. The van der Waals surface area contributed by atoms with Crippen LogP contribution in [0.15, 0.2) is 42.5 Å². The quantitative estimate of drug-likeness (QED) is 0.286. The zero-order valence-electron chi connectivity index (χ0n) is 19.3. The van der Waals surface area contributed by atoms with Gasteiger partial charge in [-0.25, -0.2) is 0 Å². The number of carbonyl (C=O) groups excluding carboxylic acids is 4. The molecule has 2 unspecified atom stereocenters. The first-order valence-electron chi connectivity index (χ1n) is 11.2. The molecule has 0 bridgehead atoms. The van der Waals surface area contributed by atoms with Crippen LogP contribution in [0.1, 0.15) is 49.9 Å². The number of piperidine rings is 1. The molecule has 2 aliphatic rings. The summed E-state index contributed by atoms with van der Waals surface area (Å²) in [6.07, 6.45) is 0.0877. The number of fused-ring (bicyclic) bond motifs is 1. The molecule has 2 heterocycles. The molecule has 0 spiro atoms. The summed E-state index contributed by atoms with van der Waals surface area (Å²) in [5.41, 5.74) is 1.45. The maximum absolute atomic E-state index is 12.9. The average Bonchev–Trinajstić information content (AvgIpc) is 3.05. The lowest BCUT2D eigenvalue weighted by Gasteiger charge is -2.27. The molecule has 12 heteroatoms. The summed E-state index contributed by atoms with van der Waals surface area (Å²) < 4.78 is 44.2. The van der Waals surface area contributed by atoms with Crippen molar-refractivity contribution in [2.75, 3.05) is 19.8 Å². The van der Waals surface area contributed by atoms with Crippen molar-refractivity contribution < 1.29 is 41.6 Å². The normalized spacial score (nSPS) is 18.7. The van der Waals surface area contributed by atoms with E-state index in [-0.39, 0.29) is 49.5 Å². The minimum absolute atomic E-state index is 0.00376. The van der Waals surface area contributed by atoms with E-state index in [0.29, 0.717) is 5.56 Å². The van der Waals surface area contributed by atoms with Crippen molar-refractivity contribution in [2.45, 2.75) is 31.1 Å². The van der Waals surface area contributed by atoms with Gasteiger partial charge >= 0.3 is 0 Å². The van der Waals surface area contributed by atoms with Crippen LogP contribution in [-0.2, 0) is 24.4 Å². The predicted octanol–water partition coefficient (Wildman–Crippen LogP) is 1.42. The molecule has 2 aliphatic heterocycles. The van der Waals surface area contributed by atoms with E-state index in [1.54, 1.807) is 31.2 Å². The molecule has 1 fully saturated rings. The molecule has 0 saturated carbocycles. The largest absolute Gasteiger partial charge is 0.491 e. The second kappa shape index (κ2) is 10.2. The molecule has 2 atom stereocenters. The van der Waals surface area contributed by atoms with Crippen LogP contribution in [0.2, 0.25) is 0 Å². The highest BCUT2D eigenvalue weighted by Crippen LogP contribution is 2.30. The van der Waals surface area contributed by atoms with E-state index in [9.17, 15) is 32.1 Å². The van der Waals surface area contributed by atoms with Gasteiger partial charge in [-0.05, 0) is 37.1 Å². The summed E-state index contributed by atoms with van der Waals surface area (Å²) in [4.78, 5) is 50.0. The lowest BCUT2D eigenvalue weighted by atomic mass is 10.0. The Hall–Kier alpha value is -3.61. The molecule has 2 N–H and O–H groups in total. The van der Waals surface area contributed by atoms with Crippen molar-refractivity contribution in [3.05, 3.63) is 64.7 Å². The van der Waals surface area contributed by atoms with Crippen LogP contribution >= 0.6 is 0 Å². The van der Waals surface area contributed by atoms with Crippen molar-refractivity contribution in [2.24, 2.45) is 0 Å². The fraction of sp³-hybridized carbons (Fsp3) is 0.333. The Morgan fingerprint density at radius 2 is 1.81 bits per heavy atom. The molecule has 190 valence electrons. The Morgan fingerprint density at radius 1 is 1.06 bits per heavy atom. The number of amides is 4. The molecular weight excluding hydrogens is 492 g/mol. The number of nitrogens with zero attached hydrogens (tertiary/aromatic N) is 1. The van der Waals surface area contributed by atoms with Gasteiger partial charge in [0.05, 0.1) is 24.3 Å². The second-order valence-electron chi connectivity index (χ2n) is 8.50. The summed E-state index contributed by atoms with van der Waals surface area (Å²) in [5, 5.41) is 0.889. The molecule has 2 aromatic carbocycles. The van der Waals surface area contributed by atoms with Crippen LogP contribution in [-0.4, -0.2) is 67.4 Å². The van der Waals surface area contributed by atoms with Gasteiger partial charge in [0.25, 0.3) is 21.9 Å². The highest BCUT2D eigenvalue weighted by atomic mass is 32.2. The van der Waals surface area contributed by atoms with Crippen LogP contribution in [0.25, 0.3) is 0 Å². The lowest BCUT2D eigenvalue weighted by Crippen LogP contribution is -2.54. The maximum atomic E-state index is 12.9. The van der Waals surface area contributed by atoms with Crippen molar-refractivity contribution in [3.8, 4) is 5.75 Å². The van der Waals surface area contributed by atoms with E-state index in [1.807, 2.05) is 0 Å².